The van der Waals surface area contributed by atoms with Crippen molar-refractivity contribution in [1.82, 2.24) is 10.6 Å². The van der Waals surface area contributed by atoms with Gasteiger partial charge in [-0.3, -0.25) is 14.9 Å². The van der Waals surface area contributed by atoms with Gasteiger partial charge in [-0.1, -0.05) is 31.2 Å². The first-order chi connectivity index (χ1) is 12.0. The number of thiocarbonyl (C=S) groups is 1. The number of carbonyl (C=O) groups excluding carboxylic acids is 2. The van der Waals surface area contributed by atoms with Gasteiger partial charge in [0.15, 0.2) is 5.11 Å². The minimum atomic E-state index is -0.296. The monoisotopic (exact) mass is 467 g/mol. The average Bonchev–Trinajstić information content (AvgIpc) is 2.60. The highest BCUT2D eigenvalue weighted by atomic mass is 127. The van der Waals surface area contributed by atoms with E-state index in [-0.39, 0.29) is 16.9 Å². The van der Waals surface area contributed by atoms with Crippen LogP contribution >= 0.6 is 34.8 Å². The molecule has 0 saturated carbocycles. The van der Waals surface area contributed by atoms with Gasteiger partial charge in [0.1, 0.15) is 0 Å². The van der Waals surface area contributed by atoms with E-state index in [1.807, 2.05) is 19.1 Å². The normalized spacial score (nSPS) is 10.0. The highest BCUT2D eigenvalue weighted by Crippen LogP contribution is 2.15. The summed E-state index contributed by atoms with van der Waals surface area (Å²) < 4.78 is 0.833. The van der Waals surface area contributed by atoms with E-state index in [4.69, 9.17) is 12.2 Å². The maximum absolute atomic E-state index is 12.3. The van der Waals surface area contributed by atoms with Crippen molar-refractivity contribution in [2.45, 2.75) is 13.3 Å². The van der Waals surface area contributed by atoms with Gasteiger partial charge in [0, 0.05) is 10.1 Å². The third-order valence-electron chi connectivity index (χ3n) is 3.30. The Kier molecular flexibility index (Phi) is 7.32. The number of carbonyl (C=O) groups is 2. The van der Waals surface area contributed by atoms with Crippen molar-refractivity contribution in [3.8, 4) is 0 Å². The summed E-state index contributed by atoms with van der Waals surface area (Å²) in [6, 6.07) is 14.2. The lowest BCUT2D eigenvalue weighted by Gasteiger charge is -2.13. The first-order valence-electron chi connectivity index (χ1n) is 7.77. The second-order valence-electron chi connectivity index (χ2n) is 5.19. The molecular formula is C18H18IN3O2S. The predicted molar refractivity (Wildman–Crippen MR) is 112 cm³/mol. The molecule has 0 heterocycles. The first-order valence-corrected chi connectivity index (χ1v) is 9.25. The molecule has 0 aliphatic rings. The number of amides is 2. The maximum atomic E-state index is 12.3. The lowest BCUT2D eigenvalue weighted by atomic mass is 10.1. The Hall–Kier alpha value is -2.00. The maximum Gasteiger partial charge on any atom is 0.258 e. The summed E-state index contributed by atoms with van der Waals surface area (Å²) in [5, 5.41) is 8.53. The molecule has 0 aliphatic heterocycles. The predicted octanol–water partition coefficient (Wildman–Crippen LogP) is 3.56. The highest BCUT2D eigenvalue weighted by Gasteiger charge is 2.14. The summed E-state index contributed by atoms with van der Waals surface area (Å²) in [6.07, 6.45) is 0.853. The Balaban J connectivity index is 2.07. The largest absolute Gasteiger partial charge is 0.352 e. The minimum absolute atomic E-state index is 0.139. The molecule has 0 spiro atoms. The van der Waals surface area contributed by atoms with E-state index in [0.717, 1.165) is 9.99 Å². The van der Waals surface area contributed by atoms with Crippen molar-refractivity contribution in [3.63, 3.8) is 0 Å². The molecule has 3 N–H and O–H groups in total. The molecule has 7 heteroatoms. The summed E-state index contributed by atoms with van der Waals surface area (Å²) in [6.45, 7) is 2.58. The van der Waals surface area contributed by atoms with Crippen molar-refractivity contribution < 1.29 is 9.59 Å². The summed E-state index contributed by atoms with van der Waals surface area (Å²) in [5.74, 6) is -0.480. The SMILES string of the molecule is CCCNC(=O)c1ccccc1NC(=S)NC(=O)c1ccccc1I. The van der Waals surface area contributed by atoms with Crippen LogP contribution in [0.25, 0.3) is 0 Å². The lowest BCUT2D eigenvalue weighted by molar-refractivity contribution is 0.0952. The van der Waals surface area contributed by atoms with Crippen molar-refractivity contribution in [2.24, 2.45) is 0 Å². The van der Waals surface area contributed by atoms with Crippen molar-refractivity contribution in [1.29, 1.82) is 0 Å². The second kappa shape index (κ2) is 9.47. The number of rotatable bonds is 5. The second-order valence-corrected chi connectivity index (χ2v) is 6.76. The van der Waals surface area contributed by atoms with Crippen LogP contribution in [-0.2, 0) is 0 Å². The summed E-state index contributed by atoms with van der Waals surface area (Å²) in [5.41, 5.74) is 1.56. The third-order valence-corrected chi connectivity index (χ3v) is 4.45. The van der Waals surface area contributed by atoms with Crippen LogP contribution in [0.2, 0.25) is 0 Å². The molecule has 25 heavy (non-hydrogen) atoms. The lowest BCUT2D eigenvalue weighted by Crippen LogP contribution is -2.35. The first kappa shape index (κ1) is 19.3. The Morgan fingerprint density at radius 3 is 2.32 bits per heavy atom. The van der Waals surface area contributed by atoms with E-state index in [1.165, 1.54) is 0 Å². The van der Waals surface area contributed by atoms with Gasteiger partial charge in [0.2, 0.25) is 0 Å². The van der Waals surface area contributed by atoms with Gasteiger partial charge in [0.25, 0.3) is 11.8 Å². The van der Waals surface area contributed by atoms with Crippen molar-refractivity contribution in [2.75, 3.05) is 11.9 Å². The summed E-state index contributed by atoms with van der Waals surface area (Å²) in [7, 11) is 0. The van der Waals surface area contributed by atoms with Crippen LogP contribution in [0.4, 0.5) is 5.69 Å². The van der Waals surface area contributed by atoms with Gasteiger partial charge < -0.3 is 10.6 Å². The van der Waals surface area contributed by atoms with Gasteiger partial charge >= 0.3 is 0 Å². The zero-order valence-corrected chi connectivity index (χ0v) is 16.6. The van der Waals surface area contributed by atoms with Crippen LogP contribution in [0.1, 0.15) is 34.1 Å². The van der Waals surface area contributed by atoms with Gasteiger partial charge in [-0.2, -0.15) is 0 Å². The fraction of sp³-hybridized carbons (Fsp3) is 0.167. The van der Waals surface area contributed by atoms with E-state index >= 15 is 0 Å². The quantitative estimate of drug-likeness (QED) is 0.465. The number of benzene rings is 2. The van der Waals surface area contributed by atoms with E-state index < -0.39 is 0 Å². The Labute approximate surface area is 165 Å². The van der Waals surface area contributed by atoms with E-state index in [0.29, 0.717) is 23.4 Å². The zero-order valence-electron chi connectivity index (χ0n) is 13.6. The molecule has 130 valence electrons. The molecule has 0 radical (unpaired) electrons. The molecule has 2 aromatic rings. The van der Waals surface area contributed by atoms with E-state index in [2.05, 4.69) is 38.5 Å². The minimum Gasteiger partial charge on any atom is -0.352 e. The standard InChI is InChI=1S/C18H18IN3O2S/c1-2-11-20-16(23)13-8-4-6-10-15(13)21-18(25)22-17(24)12-7-3-5-9-14(12)19/h3-10H,2,11H2,1H3,(H,20,23)(H2,21,22,24,25). The van der Waals surface area contributed by atoms with Gasteiger partial charge in [-0.05, 0) is 65.5 Å². The number of hydrogen-bond donors (Lipinski definition) is 3. The van der Waals surface area contributed by atoms with Gasteiger partial charge in [-0.25, -0.2) is 0 Å². The molecule has 2 aromatic carbocycles. The van der Waals surface area contributed by atoms with Crippen LogP contribution < -0.4 is 16.0 Å². The average molecular weight is 467 g/mol. The molecular weight excluding hydrogens is 449 g/mol. The Morgan fingerprint density at radius 1 is 1.00 bits per heavy atom. The van der Waals surface area contributed by atoms with Gasteiger partial charge in [-0.15, -0.1) is 0 Å². The molecule has 0 aliphatic carbocycles. The fourth-order valence-electron chi connectivity index (χ4n) is 2.09. The van der Waals surface area contributed by atoms with Crippen LogP contribution in [0.3, 0.4) is 0 Å². The molecule has 5 nitrogen and oxygen atoms in total. The number of anilines is 1. The zero-order chi connectivity index (χ0) is 18.2. The molecule has 0 fully saturated rings. The van der Waals surface area contributed by atoms with Gasteiger partial charge in [0.05, 0.1) is 16.8 Å². The number of hydrogen-bond acceptors (Lipinski definition) is 3. The van der Waals surface area contributed by atoms with Crippen molar-refractivity contribution >= 4 is 57.4 Å². The molecule has 0 unspecified atom stereocenters. The molecule has 0 aromatic heterocycles. The highest BCUT2D eigenvalue weighted by molar-refractivity contribution is 14.1. The number of para-hydroxylation sites is 1. The number of nitrogens with one attached hydrogen (secondary N) is 3. The molecule has 2 rings (SSSR count). The van der Waals surface area contributed by atoms with E-state index in [1.54, 1.807) is 36.4 Å². The molecule has 0 atom stereocenters. The molecule has 2 amide bonds. The Morgan fingerprint density at radius 2 is 1.64 bits per heavy atom. The number of halogens is 1. The fourth-order valence-corrected chi connectivity index (χ4v) is 2.93. The summed E-state index contributed by atoms with van der Waals surface area (Å²) in [4.78, 5) is 24.5. The Bertz CT molecular complexity index is 795. The van der Waals surface area contributed by atoms with Crippen LogP contribution in [0.5, 0.6) is 0 Å². The topological polar surface area (TPSA) is 70.2 Å². The van der Waals surface area contributed by atoms with Crippen LogP contribution in [0, 0.1) is 3.57 Å². The summed E-state index contributed by atoms with van der Waals surface area (Å²) >= 11 is 7.31. The third kappa shape index (κ3) is 5.50. The van der Waals surface area contributed by atoms with Crippen molar-refractivity contribution in [3.05, 3.63) is 63.2 Å². The van der Waals surface area contributed by atoms with Crippen LogP contribution in [-0.4, -0.2) is 23.5 Å². The van der Waals surface area contributed by atoms with Crippen LogP contribution in [0.15, 0.2) is 48.5 Å². The van der Waals surface area contributed by atoms with E-state index in [9.17, 15) is 9.59 Å². The molecule has 0 bridgehead atoms. The smallest absolute Gasteiger partial charge is 0.258 e. The molecule has 0 saturated heterocycles.